The summed E-state index contributed by atoms with van der Waals surface area (Å²) in [7, 11) is 0. The number of nitriles is 1. The van der Waals surface area contributed by atoms with E-state index in [4.69, 9.17) is 11.6 Å². The molecule has 1 N–H and O–H groups in total. The van der Waals surface area contributed by atoms with Gasteiger partial charge in [0.2, 0.25) is 0 Å². The van der Waals surface area contributed by atoms with E-state index in [0.29, 0.717) is 0 Å². The zero-order valence-corrected chi connectivity index (χ0v) is 14.6. The topological polar surface area (TPSA) is 35.8 Å². The monoisotopic (exact) mass is 324 g/mol. The van der Waals surface area contributed by atoms with Gasteiger partial charge in [-0.3, -0.25) is 5.32 Å². The summed E-state index contributed by atoms with van der Waals surface area (Å²) >= 11 is 8.03. The summed E-state index contributed by atoms with van der Waals surface area (Å²) in [4.78, 5) is 0. The van der Waals surface area contributed by atoms with Crippen molar-refractivity contribution in [3.63, 3.8) is 0 Å². The van der Waals surface area contributed by atoms with Crippen LogP contribution in [0.2, 0.25) is 5.02 Å². The molecule has 0 saturated carbocycles. The van der Waals surface area contributed by atoms with Gasteiger partial charge < -0.3 is 0 Å². The second kappa shape index (κ2) is 10.1. The van der Waals surface area contributed by atoms with Crippen molar-refractivity contribution < 1.29 is 0 Å². The van der Waals surface area contributed by atoms with Gasteiger partial charge >= 0.3 is 0 Å². The molecule has 1 aromatic rings. The maximum atomic E-state index is 9.44. The molecule has 21 heavy (non-hydrogen) atoms. The van der Waals surface area contributed by atoms with Gasteiger partial charge in [0.1, 0.15) is 5.54 Å². The summed E-state index contributed by atoms with van der Waals surface area (Å²) in [6.45, 7) is 5.13. The van der Waals surface area contributed by atoms with Crippen molar-refractivity contribution in [1.82, 2.24) is 5.32 Å². The zero-order chi connectivity index (χ0) is 15.6. The van der Waals surface area contributed by atoms with Gasteiger partial charge in [0.15, 0.2) is 0 Å². The summed E-state index contributed by atoms with van der Waals surface area (Å²) in [5.41, 5.74) is 0.844. The van der Waals surface area contributed by atoms with Gasteiger partial charge in [-0.15, -0.1) is 0 Å². The normalized spacial score (nSPS) is 13.6. The molecule has 0 radical (unpaired) electrons. The number of rotatable bonds is 10. The van der Waals surface area contributed by atoms with Crippen LogP contribution in [0.3, 0.4) is 0 Å². The second-order valence-electron chi connectivity index (χ2n) is 5.22. The molecule has 0 saturated heterocycles. The van der Waals surface area contributed by atoms with Crippen molar-refractivity contribution >= 4 is 23.4 Å². The summed E-state index contributed by atoms with van der Waals surface area (Å²) in [6.07, 6.45) is 3.88. The fourth-order valence-corrected chi connectivity index (χ4v) is 3.45. The van der Waals surface area contributed by atoms with Crippen LogP contribution in [0.4, 0.5) is 0 Å². The lowest BCUT2D eigenvalue weighted by Crippen LogP contribution is -2.43. The Balaban J connectivity index is 2.32. The van der Waals surface area contributed by atoms with E-state index in [1.807, 2.05) is 30.0 Å². The Bertz CT molecular complexity index is 458. The van der Waals surface area contributed by atoms with Gasteiger partial charge in [0.25, 0.3) is 0 Å². The summed E-state index contributed by atoms with van der Waals surface area (Å²) in [5, 5.41) is 13.7. The highest BCUT2D eigenvalue weighted by Gasteiger charge is 2.25. The molecule has 1 atom stereocenters. The second-order valence-corrected chi connectivity index (χ2v) is 6.73. The van der Waals surface area contributed by atoms with Crippen molar-refractivity contribution in [3.05, 3.63) is 34.9 Å². The molecule has 4 heteroatoms. The zero-order valence-electron chi connectivity index (χ0n) is 13.0. The number of benzene rings is 1. The molecule has 0 aromatic heterocycles. The first-order valence-corrected chi connectivity index (χ1v) is 9.18. The van der Waals surface area contributed by atoms with Crippen LogP contribution < -0.4 is 5.32 Å². The number of halogens is 1. The third-order valence-corrected chi connectivity index (χ3v) is 5.10. The molecule has 0 spiro atoms. The molecule has 0 fully saturated rings. The Labute approximate surface area is 138 Å². The largest absolute Gasteiger partial charge is 0.299 e. The molecule has 0 heterocycles. The SMILES string of the molecule is CCCNC(C#N)(CC)CCCSCc1ccccc1Cl. The van der Waals surface area contributed by atoms with Crippen LogP contribution in [0, 0.1) is 11.3 Å². The molecule has 1 rings (SSSR count). The lowest BCUT2D eigenvalue weighted by molar-refractivity contribution is 0.371. The molecule has 0 bridgehead atoms. The number of nitrogens with one attached hydrogen (secondary N) is 1. The molecule has 0 aliphatic rings. The highest BCUT2D eigenvalue weighted by Crippen LogP contribution is 2.23. The molecule has 1 aromatic carbocycles. The van der Waals surface area contributed by atoms with Crippen LogP contribution >= 0.6 is 23.4 Å². The van der Waals surface area contributed by atoms with Crippen LogP contribution in [0.1, 0.15) is 45.1 Å². The van der Waals surface area contributed by atoms with Crippen molar-refractivity contribution in [1.29, 1.82) is 5.26 Å². The first-order valence-electron chi connectivity index (χ1n) is 7.65. The number of hydrogen-bond acceptors (Lipinski definition) is 3. The van der Waals surface area contributed by atoms with Gasteiger partial charge in [-0.2, -0.15) is 17.0 Å². The van der Waals surface area contributed by atoms with Gasteiger partial charge in [-0.1, -0.05) is 43.6 Å². The van der Waals surface area contributed by atoms with Crippen molar-refractivity contribution in [2.24, 2.45) is 0 Å². The van der Waals surface area contributed by atoms with Gasteiger partial charge in [-0.05, 0) is 49.6 Å². The van der Waals surface area contributed by atoms with Gasteiger partial charge in [0, 0.05) is 10.8 Å². The average Bonchev–Trinajstić information content (AvgIpc) is 2.52. The maximum Gasteiger partial charge on any atom is 0.106 e. The van der Waals surface area contributed by atoms with Crippen molar-refractivity contribution in [3.8, 4) is 6.07 Å². The maximum absolute atomic E-state index is 9.44. The third kappa shape index (κ3) is 6.30. The predicted octanol–water partition coefficient (Wildman–Crippen LogP) is 5.03. The minimum atomic E-state index is -0.346. The lowest BCUT2D eigenvalue weighted by atomic mass is 9.92. The van der Waals surface area contributed by atoms with Gasteiger partial charge in [0.05, 0.1) is 6.07 Å². The highest BCUT2D eigenvalue weighted by atomic mass is 35.5. The highest BCUT2D eigenvalue weighted by molar-refractivity contribution is 7.98. The first-order chi connectivity index (χ1) is 10.2. The Morgan fingerprint density at radius 2 is 2.10 bits per heavy atom. The summed E-state index contributed by atoms with van der Waals surface area (Å²) in [6, 6.07) is 10.5. The molecule has 116 valence electrons. The van der Waals surface area contributed by atoms with E-state index in [1.54, 1.807) is 0 Å². The Morgan fingerprint density at radius 1 is 1.33 bits per heavy atom. The fraction of sp³-hybridized carbons (Fsp3) is 0.588. The van der Waals surface area contributed by atoms with E-state index in [-0.39, 0.29) is 5.54 Å². The van der Waals surface area contributed by atoms with Crippen molar-refractivity contribution in [2.75, 3.05) is 12.3 Å². The van der Waals surface area contributed by atoms with Crippen LogP contribution in [0.25, 0.3) is 0 Å². The summed E-state index contributed by atoms with van der Waals surface area (Å²) in [5.74, 6) is 2.00. The van der Waals surface area contributed by atoms with Gasteiger partial charge in [-0.25, -0.2) is 0 Å². The number of thioether (sulfide) groups is 1. The van der Waals surface area contributed by atoms with E-state index in [1.165, 1.54) is 5.56 Å². The predicted molar refractivity (Wildman–Crippen MR) is 93.8 cm³/mol. The third-order valence-electron chi connectivity index (χ3n) is 3.64. The minimum Gasteiger partial charge on any atom is -0.299 e. The van der Waals surface area contributed by atoms with Crippen LogP contribution in [-0.4, -0.2) is 17.8 Å². The van der Waals surface area contributed by atoms with E-state index >= 15 is 0 Å². The summed E-state index contributed by atoms with van der Waals surface area (Å²) < 4.78 is 0. The van der Waals surface area contributed by atoms with E-state index in [9.17, 15) is 5.26 Å². The van der Waals surface area contributed by atoms with Crippen LogP contribution in [-0.2, 0) is 5.75 Å². The van der Waals surface area contributed by atoms with E-state index in [2.05, 4.69) is 31.3 Å². The Morgan fingerprint density at radius 3 is 2.71 bits per heavy atom. The molecule has 1 unspecified atom stereocenters. The first kappa shape index (κ1) is 18.4. The average molecular weight is 325 g/mol. The molecule has 0 aliphatic heterocycles. The fourth-order valence-electron chi connectivity index (χ4n) is 2.20. The van der Waals surface area contributed by atoms with Crippen LogP contribution in [0.5, 0.6) is 0 Å². The van der Waals surface area contributed by atoms with E-state index < -0.39 is 0 Å². The Kier molecular flexibility index (Phi) is 8.84. The smallest absolute Gasteiger partial charge is 0.106 e. The molecule has 0 aliphatic carbocycles. The minimum absolute atomic E-state index is 0.346. The number of nitrogens with zero attached hydrogens (tertiary/aromatic N) is 1. The molecule has 0 amide bonds. The Hall–Kier alpha value is -0.690. The van der Waals surface area contributed by atoms with Crippen molar-refractivity contribution in [2.45, 2.75) is 50.8 Å². The quantitative estimate of drug-likeness (QED) is 0.613. The molecular weight excluding hydrogens is 300 g/mol. The standard InChI is InChI=1S/C17H25ClN2S/c1-3-11-20-17(4-2,14-19)10-7-12-21-13-15-8-5-6-9-16(15)18/h5-6,8-9,20H,3-4,7,10-13H2,1-2H3. The number of hydrogen-bond donors (Lipinski definition) is 1. The lowest BCUT2D eigenvalue weighted by Gasteiger charge is -2.26. The molecule has 2 nitrogen and oxygen atoms in total. The van der Waals surface area contributed by atoms with E-state index in [0.717, 1.165) is 48.8 Å². The van der Waals surface area contributed by atoms with Crippen LogP contribution in [0.15, 0.2) is 24.3 Å². The molecular formula is C17H25ClN2S.